The van der Waals surface area contributed by atoms with Crippen molar-refractivity contribution in [3.8, 4) is 0 Å². The molecule has 15 heavy (non-hydrogen) atoms. The van der Waals surface area contributed by atoms with Crippen molar-refractivity contribution in [2.45, 2.75) is 25.3 Å². The van der Waals surface area contributed by atoms with E-state index in [0.717, 1.165) is 4.91 Å². The predicted molar refractivity (Wildman–Crippen MR) is 60.1 cm³/mol. The van der Waals surface area contributed by atoms with Crippen LogP contribution in [0.4, 0.5) is 0 Å². The van der Waals surface area contributed by atoms with E-state index in [2.05, 4.69) is 12.6 Å². The van der Waals surface area contributed by atoms with E-state index in [1.165, 1.54) is 16.7 Å². The summed E-state index contributed by atoms with van der Waals surface area (Å²) in [4.78, 5) is 25.1. The molecule has 6 heteroatoms. The number of β-lactam (4-membered cyclic amide) rings is 1. The van der Waals surface area contributed by atoms with Gasteiger partial charge in [-0.2, -0.15) is 0 Å². The van der Waals surface area contributed by atoms with Crippen LogP contribution in [0.25, 0.3) is 0 Å². The van der Waals surface area contributed by atoms with Crippen molar-refractivity contribution in [2.75, 3.05) is 0 Å². The lowest BCUT2D eigenvalue weighted by atomic mass is 9.92. The number of carbonyl (C=O) groups excluding carboxylic acids is 2. The van der Waals surface area contributed by atoms with Crippen LogP contribution in [0.5, 0.6) is 0 Å². The first-order chi connectivity index (χ1) is 6.95. The molecule has 2 unspecified atom stereocenters. The second-order valence-corrected chi connectivity index (χ2v) is 5.43. The van der Waals surface area contributed by atoms with E-state index < -0.39 is 12.0 Å². The van der Waals surface area contributed by atoms with Crippen LogP contribution in [0.3, 0.4) is 0 Å². The van der Waals surface area contributed by atoms with Crippen molar-refractivity contribution in [2.24, 2.45) is 5.92 Å². The third-order valence-corrected chi connectivity index (χ3v) is 4.18. The zero-order valence-corrected chi connectivity index (χ0v) is 10.0. The van der Waals surface area contributed by atoms with Crippen LogP contribution < -0.4 is 0 Å². The molecule has 0 saturated carbocycles. The summed E-state index contributed by atoms with van der Waals surface area (Å²) in [6.07, 6.45) is -0.673. The molecule has 0 aromatic carbocycles. The Labute approximate surface area is 97.1 Å². The van der Waals surface area contributed by atoms with Crippen LogP contribution in [0.1, 0.15) is 13.8 Å². The third kappa shape index (κ3) is 1.43. The molecular weight excluding hydrogens is 234 g/mol. The summed E-state index contributed by atoms with van der Waals surface area (Å²) in [6.45, 7) is 3.38. The average molecular weight is 245 g/mol. The van der Waals surface area contributed by atoms with Crippen molar-refractivity contribution < 1.29 is 14.7 Å². The smallest absolute Gasteiger partial charge is 0.236 e. The first-order valence-corrected chi connectivity index (χ1v) is 5.89. The summed E-state index contributed by atoms with van der Waals surface area (Å²) < 4.78 is 0. The van der Waals surface area contributed by atoms with E-state index >= 15 is 0 Å². The lowest BCUT2D eigenvalue weighted by molar-refractivity contribution is -0.153. The molecule has 1 N–H and O–H groups in total. The zero-order valence-electron chi connectivity index (χ0n) is 8.30. The molecule has 0 aromatic heterocycles. The standard InChI is InChI=1S/C9H11NO3S2/c1-3(11)5-7(12)10-6(9(13)14)4(2)15-8(5)10/h3,5,8,11H,1-2H3,(H,13,14)/t3?,5?,8-/m1/s1. The SMILES string of the molecule is CC1=C(C(=O)S)N2C(=O)C(C(C)O)[C@H]2S1. The Hall–Kier alpha value is -0.460. The zero-order chi connectivity index (χ0) is 11.3. The van der Waals surface area contributed by atoms with E-state index in [4.69, 9.17) is 0 Å². The molecule has 1 fully saturated rings. The lowest BCUT2D eigenvalue weighted by Crippen LogP contribution is -2.60. The predicted octanol–water partition coefficient (Wildman–Crippen LogP) is 0.586. The van der Waals surface area contributed by atoms with Crippen molar-refractivity contribution in [3.63, 3.8) is 0 Å². The highest BCUT2D eigenvalue weighted by Crippen LogP contribution is 2.50. The summed E-state index contributed by atoms with van der Waals surface area (Å²) in [7, 11) is 0. The number of hydrogen-bond donors (Lipinski definition) is 2. The van der Waals surface area contributed by atoms with E-state index in [0.29, 0.717) is 5.70 Å². The second kappa shape index (κ2) is 3.54. The minimum absolute atomic E-state index is 0.122. The molecule has 2 aliphatic heterocycles. The molecule has 2 heterocycles. The van der Waals surface area contributed by atoms with Crippen LogP contribution in [0.2, 0.25) is 0 Å². The maximum absolute atomic E-state index is 11.7. The van der Waals surface area contributed by atoms with Gasteiger partial charge in [-0.25, -0.2) is 0 Å². The van der Waals surface area contributed by atoms with E-state index in [-0.39, 0.29) is 16.4 Å². The average Bonchev–Trinajstić information content (AvgIpc) is 2.38. The van der Waals surface area contributed by atoms with Crippen molar-refractivity contribution in [3.05, 3.63) is 10.6 Å². The van der Waals surface area contributed by atoms with Gasteiger partial charge in [0.15, 0.2) is 0 Å². The number of thiol groups is 1. The molecule has 0 radical (unpaired) electrons. The minimum atomic E-state index is -0.673. The molecule has 2 rings (SSSR count). The van der Waals surface area contributed by atoms with Gasteiger partial charge in [-0.3, -0.25) is 14.5 Å². The van der Waals surface area contributed by atoms with E-state index in [1.807, 2.05) is 0 Å². The normalized spacial score (nSPS) is 31.5. The van der Waals surface area contributed by atoms with Gasteiger partial charge >= 0.3 is 0 Å². The van der Waals surface area contributed by atoms with Crippen molar-refractivity contribution in [1.29, 1.82) is 0 Å². The summed E-state index contributed by atoms with van der Waals surface area (Å²) in [5.41, 5.74) is 0.371. The number of hydrogen-bond acceptors (Lipinski definition) is 4. The Balaban J connectivity index is 2.27. The maximum Gasteiger partial charge on any atom is 0.236 e. The second-order valence-electron chi connectivity index (χ2n) is 3.69. The Morgan fingerprint density at radius 3 is 2.73 bits per heavy atom. The van der Waals surface area contributed by atoms with Gasteiger partial charge < -0.3 is 5.11 Å². The molecular formula is C9H11NO3S2. The van der Waals surface area contributed by atoms with Crippen LogP contribution in [0, 0.1) is 5.92 Å². The van der Waals surface area contributed by atoms with Gasteiger partial charge in [0, 0.05) is 4.91 Å². The van der Waals surface area contributed by atoms with Gasteiger partial charge in [-0.1, -0.05) is 12.6 Å². The van der Waals surface area contributed by atoms with Gasteiger partial charge in [0.05, 0.1) is 12.0 Å². The van der Waals surface area contributed by atoms with Crippen molar-refractivity contribution >= 4 is 35.4 Å². The summed E-state index contributed by atoms with van der Waals surface area (Å²) in [5.74, 6) is -0.577. The number of rotatable bonds is 2. The number of fused-ring (bicyclic) bond motifs is 1. The Morgan fingerprint density at radius 1 is 1.67 bits per heavy atom. The largest absolute Gasteiger partial charge is 0.392 e. The Bertz CT molecular complexity index is 378. The van der Waals surface area contributed by atoms with Crippen LogP contribution >= 0.6 is 24.4 Å². The van der Waals surface area contributed by atoms with Crippen molar-refractivity contribution in [1.82, 2.24) is 4.90 Å². The first kappa shape index (κ1) is 11.0. The molecule has 0 aliphatic carbocycles. The monoisotopic (exact) mass is 245 g/mol. The van der Waals surface area contributed by atoms with Crippen LogP contribution in [0.15, 0.2) is 10.6 Å². The third-order valence-electron chi connectivity index (χ3n) is 2.68. The number of thioether (sulfide) groups is 1. The highest BCUT2D eigenvalue weighted by molar-refractivity contribution is 8.04. The van der Waals surface area contributed by atoms with Gasteiger partial charge in [0.1, 0.15) is 11.1 Å². The van der Waals surface area contributed by atoms with Crippen LogP contribution in [-0.4, -0.2) is 32.5 Å². The summed E-state index contributed by atoms with van der Waals surface area (Å²) in [5, 5.41) is 8.91. The molecule has 0 bridgehead atoms. The number of carbonyl (C=O) groups is 2. The molecule has 3 atom stereocenters. The van der Waals surface area contributed by atoms with Gasteiger partial charge in [0.2, 0.25) is 11.0 Å². The van der Waals surface area contributed by atoms with Gasteiger partial charge in [-0.05, 0) is 13.8 Å². The summed E-state index contributed by atoms with van der Waals surface area (Å²) in [6, 6.07) is 0. The van der Waals surface area contributed by atoms with Gasteiger partial charge in [-0.15, -0.1) is 11.8 Å². The topological polar surface area (TPSA) is 57.6 Å². The van der Waals surface area contributed by atoms with Crippen LogP contribution in [-0.2, 0) is 9.59 Å². The molecule has 82 valence electrons. The van der Waals surface area contributed by atoms with E-state index in [9.17, 15) is 14.7 Å². The Kier molecular flexibility index (Phi) is 2.60. The highest BCUT2D eigenvalue weighted by Gasteiger charge is 2.56. The minimum Gasteiger partial charge on any atom is -0.392 e. The number of allylic oxidation sites excluding steroid dienone is 1. The quantitative estimate of drug-likeness (QED) is 0.552. The fraction of sp³-hybridized carbons (Fsp3) is 0.556. The first-order valence-electron chi connectivity index (χ1n) is 4.57. The maximum atomic E-state index is 11.7. The molecule has 1 saturated heterocycles. The lowest BCUT2D eigenvalue weighted by Gasteiger charge is -2.43. The Morgan fingerprint density at radius 2 is 2.27 bits per heavy atom. The highest BCUT2D eigenvalue weighted by atomic mass is 32.2. The molecule has 0 aromatic rings. The fourth-order valence-corrected chi connectivity index (χ4v) is 3.78. The van der Waals surface area contributed by atoms with E-state index in [1.54, 1.807) is 13.8 Å². The molecule has 4 nitrogen and oxygen atoms in total. The number of aliphatic hydroxyl groups is 1. The van der Waals surface area contributed by atoms with Gasteiger partial charge in [0.25, 0.3) is 0 Å². The number of amides is 1. The summed E-state index contributed by atoms with van der Waals surface area (Å²) >= 11 is 5.19. The molecule has 2 aliphatic rings. The number of nitrogens with zero attached hydrogens (tertiary/aromatic N) is 1. The number of aliphatic hydroxyl groups excluding tert-OH is 1. The molecule has 1 amide bonds. The fourth-order valence-electron chi connectivity index (χ4n) is 1.95. The molecule has 0 spiro atoms.